The second-order valence-corrected chi connectivity index (χ2v) is 6.55. The first-order valence-electron chi connectivity index (χ1n) is 8.36. The van der Waals surface area contributed by atoms with Crippen LogP contribution < -0.4 is 10.1 Å². The molecule has 2 rings (SSSR count). The van der Waals surface area contributed by atoms with E-state index < -0.39 is 0 Å². The zero-order valence-electron chi connectivity index (χ0n) is 15.4. The first-order chi connectivity index (χ1) is 12.6. The summed E-state index contributed by atoms with van der Waals surface area (Å²) < 4.78 is 11.5. The topological polar surface area (TPSA) is 59.0 Å². The highest BCUT2D eigenvalue weighted by atomic mass is 79.9. The van der Waals surface area contributed by atoms with Crippen LogP contribution in [0.25, 0.3) is 0 Å². The third-order valence-electron chi connectivity index (χ3n) is 3.72. The Labute approximate surface area is 163 Å². The van der Waals surface area contributed by atoms with Crippen LogP contribution in [-0.2, 0) is 17.8 Å². The molecule has 0 aliphatic rings. The number of rotatable bonds is 8. The molecule has 1 N–H and O–H groups in total. The standard InChI is InChI=1S/C19H25BrN4O2/c1-21-19(24(2)14-16-6-4-5-7-17(16)20)23-13-15-8-9-18(22-12-15)26-11-10-25-3/h4-9,12H,10-11,13-14H2,1-3H3,(H,21,23). The van der Waals surface area contributed by atoms with Crippen molar-refractivity contribution in [1.82, 2.24) is 15.2 Å². The van der Waals surface area contributed by atoms with Gasteiger partial charge in [-0.15, -0.1) is 0 Å². The van der Waals surface area contributed by atoms with E-state index in [0.717, 1.165) is 22.5 Å². The second kappa shape index (κ2) is 10.8. The van der Waals surface area contributed by atoms with Gasteiger partial charge < -0.3 is 19.7 Å². The quantitative estimate of drug-likeness (QED) is 0.403. The molecule has 0 radical (unpaired) electrons. The molecule has 1 aromatic heterocycles. The predicted molar refractivity (Wildman–Crippen MR) is 107 cm³/mol. The molecular formula is C19H25BrN4O2. The lowest BCUT2D eigenvalue weighted by molar-refractivity contribution is 0.143. The first kappa shape index (κ1) is 20.2. The maximum absolute atomic E-state index is 5.47. The van der Waals surface area contributed by atoms with E-state index >= 15 is 0 Å². The highest BCUT2D eigenvalue weighted by Crippen LogP contribution is 2.17. The van der Waals surface area contributed by atoms with E-state index in [-0.39, 0.29) is 0 Å². The molecule has 0 aliphatic carbocycles. The summed E-state index contributed by atoms with van der Waals surface area (Å²) in [5, 5.41) is 3.36. The Kier molecular flexibility index (Phi) is 8.37. The fourth-order valence-electron chi connectivity index (χ4n) is 2.35. The molecule has 0 aliphatic heterocycles. The number of pyridine rings is 1. The summed E-state index contributed by atoms with van der Waals surface area (Å²) in [5.74, 6) is 1.42. The zero-order valence-corrected chi connectivity index (χ0v) is 17.0. The molecule has 0 atom stereocenters. The van der Waals surface area contributed by atoms with Crippen molar-refractivity contribution in [2.45, 2.75) is 13.1 Å². The van der Waals surface area contributed by atoms with E-state index in [4.69, 9.17) is 9.47 Å². The van der Waals surface area contributed by atoms with Gasteiger partial charge in [-0.1, -0.05) is 40.2 Å². The van der Waals surface area contributed by atoms with Gasteiger partial charge in [0.05, 0.1) is 6.61 Å². The van der Waals surface area contributed by atoms with E-state index in [1.54, 1.807) is 20.4 Å². The molecule has 7 heteroatoms. The number of aromatic nitrogens is 1. The Bertz CT molecular complexity index is 707. The van der Waals surface area contributed by atoms with Crippen molar-refractivity contribution >= 4 is 21.9 Å². The predicted octanol–water partition coefficient (Wildman–Crippen LogP) is 3.08. The number of hydrogen-bond acceptors (Lipinski definition) is 4. The molecule has 1 aromatic carbocycles. The highest BCUT2D eigenvalue weighted by Gasteiger charge is 2.08. The molecule has 1 heterocycles. The Morgan fingerprint density at radius 1 is 1.23 bits per heavy atom. The molecule has 2 aromatic rings. The van der Waals surface area contributed by atoms with E-state index in [1.807, 2.05) is 37.4 Å². The Morgan fingerprint density at radius 3 is 2.69 bits per heavy atom. The maximum Gasteiger partial charge on any atom is 0.213 e. The number of nitrogens with one attached hydrogen (secondary N) is 1. The van der Waals surface area contributed by atoms with Crippen molar-refractivity contribution in [1.29, 1.82) is 0 Å². The molecule has 140 valence electrons. The maximum atomic E-state index is 5.47. The molecule has 0 fully saturated rings. The van der Waals surface area contributed by atoms with Crippen molar-refractivity contribution in [2.24, 2.45) is 4.99 Å². The van der Waals surface area contributed by atoms with Gasteiger partial charge in [0.15, 0.2) is 5.96 Å². The number of methoxy groups -OCH3 is 1. The van der Waals surface area contributed by atoms with Crippen LogP contribution in [0.2, 0.25) is 0 Å². The van der Waals surface area contributed by atoms with Gasteiger partial charge in [0.2, 0.25) is 5.88 Å². The van der Waals surface area contributed by atoms with Crippen LogP contribution in [-0.4, -0.2) is 50.3 Å². The Hall–Kier alpha value is -2.12. The Balaban J connectivity index is 1.87. The van der Waals surface area contributed by atoms with Crippen LogP contribution >= 0.6 is 15.9 Å². The van der Waals surface area contributed by atoms with Crippen molar-refractivity contribution < 1.29 is 9.47 Å². The average Bonchev–Trinajstić information content (AvgIpc) is 2.65. The van der Waals surface area contributed by atoms with Crippen LogP contribution in [0, 0.1) is 0 Å². The van der Waals surface area contributed by atoms with Crippen LogP contribution in [0.3, 0.4) is 0 Å². The largest absolute Gasteiger partial charge is 0.475 e. The lowest BCUT2D eigenvalue weighted by atomic mass is 10.2. The minimum atomic E-state index is 0.494. The summed E-state index contributed by atoms with van der Waals surface area (Å²) in [4.78, 5) is 10.7. The minimum Gasteiger partial charge on any atom is -0.475 e. The number of halogens is 1. The number of ether oxygens (including phenoxy) is 2. The number of nitrogens with zero attached hydrogens (tertiary/aromatic N) is 3. The lowest BCUT2D eigenvalue weighted by Crippen LogP contribution is -2.38. The molecule has 0 bridgehead atoms. The van der Waals surface area contributed by atoms with E-state index in [9.17, 15) is 0 Å². The third kappa shape index (κ3) is 6.31. The van der Waals surface area contributed by atoms with Gasteiger partial charge in [-0.3, -0.25) is 4.99 Å². The summed E-state index contributed by atoms with van der Waals surface area (Å²) in [6.45, 7) is 2.43. The van der Waals surface area contributed by atoms with Gasteiger partial charge in [0.25, 0.3) is 0 Å². The van der Waals surface area contributed by atoms with Crippen molar-refractivity contribution in [3.05, 3.63) is 58.2 Å². The highest BCUT2D eigenvalue weighted by molar-refractivity contribution is 9.10. The van der Waals surface area contributed by atoms with Crippen LogP contribution in [0.4, 0.5) is 0 Å². The summed E-state index contributed by atoms with van der Waals surface area (Å²) in [5.41, 5.74) is 2.26. The van der Waals surface area contributed by atoms with Crippen LogP contribution in [0.5, 0.6) is 5.88 Å². The van der Waals surface area contributed by atoms with E-state index in [0.29, 0.717) is 25.6 Å². The SMILES string of the molecule is CN=C(NCc1ccc(OCCOC)nc1)N(C)Cc1ccccc1Br. The molecule has 0 saturated carbocycles. The third-order valence-corrected chi connectivity index (χ3v) is 4.50. The fourth-order valence-corrected chi connectivity index (χ4v) is 2.76. The second-order valence-electron chi connectivity index (χ2n) is 5.69. The normalized spacial score (nSPS) is 11.3. The summed E-state index contributed by atoms with van der Waals surface area (Å²) in [6.07, 6.45) is 1.80. The van der Waals surface area contributed by atoms with Gasteiger partial charge in [-0.05, 0) is 17.2 Å². The smallest absolute Gasteiger partial charge is 0.213 e. The first-order valence-corrected chi connectivity index (χ1v) is 9.15. The van der Waals surface area contributed by atoms with E-state index in [2.05, 4.69) is 42.2 Å². The Morgan fingerprint density at radius 2 is 2.04 bits per heavy atom. The van der Waals surface area contributed by atoms with Crippen LogP contribution in [0.1, 0.15) is 11.1 Å². The van der Waals surface area contributed by atoms with Gasteiger partial charge in [0, 0.05) is 51.0 Å². The summed E-state index contributed by atoms with van der Waals surface area (Å²) >= 11 is 3.59. The average molecular weight is 421 g/mol. The molecule has 0 amide bonds. The van der Waals surface area contributed by atoms with Gasteiger partial charge in [-0.25, -0.2) is 4.98 Å². The molecule has 0 spiro atoms. The zero-order chi connectivity index (χ0) is 18.8. The van der Waals surface area contributed by atoms with E-state index in [1.165, 1.54) is 5.56 Å². The number of guanidine groups is 1. The monoisotopic (exact) mass is 420 g/mol. The summed E-state index contributed by atoms with van der Waals surface area (Å²) in [7, 11) is 5.44. The lowest BCUT2D eigenvalue weighted by Gasteiger charge is -2.22. The number of benzene rings is 1. The van der Waals surface area contributed by atoms with Crippen molar-refractivity contribution in [3.8, 4) is 5.88 Å². The molecule has 26 heavy (non-hydrogen) atoms. The number of hydrogen-bond donors (Lipinski definition) is 1. The number of aliphatic imine (C=N–C) groups is 1. The molecule has 0 saturated heterocycles. The minimum absolute atomic E-state index is 0.494. The van der Waals surface area contributed by atoms with Crippen molar-refractivity contribution in [2.75, 3.05) is 34.4 Å². The van der Waals surface area contributed by atoms with Crippen molar-refractivity contribution in [3.63, 3.8) is 0 Å². The van der Waals surface area contributed by atoms with Crippen LogP contribution in [0.15, 0.2) is 52.1 Å². The van der Waals surface area contributed by atoms with Gasteiger partial charge in [-0.2, -0.15) is 0 Å². The van der Waals surface area contributed by atoms with Gasteiger partial charge in [0.1, 0.15) is 6.61 Å². The molecule has 6 nitrogen and oxygen atoms in total. The summed E-state index contributed by atoms with van der Waals surface area (Å²) in [6, 6.07) is 12.0. The van der Waals surface area contributed by atoms with Gasteiger partial charge >= 0.3 is 0 Å². The molecule has 0 unspecified atom stereocenters. The fraction of sp³-hybridized carbons (Fsp3) is 0.368. The molecular weight excluding hydrogens is 396 g/mol.